The van der Waals surface area contributed by atoms with Gasteiger partial charge in [-0.05, 0) is 41.8 Å². The van der Waals surface area contributed by atoms with Crippen LogP contribution in [0, 0.1) is 0 Å². The van der Waals surface area contributed by atoms with Crippen molar-refractivity contribution in [2.45, 2.75) is 13.3 Å². The van der Waals surface area contributed by atoms with E-state index in [1.54, 1.807) is 29.6 Å². The van der Waals surface area contributed by atoms with E-state index >= 15 is 0 Å². The lowest BCUT2D eigenvalue weighted by Gasteiger charge is -2.02. The van der Waals surface area contributed by atoms with Gasteiger partial charge in [-0.25, -0.2) is 15.2 Å². The molecule has 8 heteroatoms. The van der Waals surface area contributed by atoms with Gasteiger partial charge in [-0.2, -0.15) is 5.10 Å². The third kappa shape index (κ3) is 5.73. The minimum atomic E-state index is -1.04. The number of rotatable bonds is 8. The van der Waals surface area contributed by atoms with E-state index in [2.05, 4.69) is 34.6 Å². The molecule has 0 aliphatic heterocycles. The number of carbonyl (C=O) groups is 2. The zero-order valence-electron chi connectivity index (χ0n) is 15.7. The van der Waals surface area contributed by atoms with E-state index in [0.717, 1.165) is 22.6 Å². The van der Waals surface area contributed by atoms with Crippen molar-refractivity contribution in [2.75, 3.05) is 6.61 Å². The van der Waals surface area contributed by atoms with Crippen LogP contribution in [0.2, 0.25) is 0 Å². The van der Waals surface area contributed by atoms with Gasteiger partial charge in [0.05, 0.1) is 6.21 Å². The van der Waals surface area contributed by atoms with E-state index in [-0.39, 0.29) is 0 Å². The summed E-state index contributed by atoms with van der Waals surface area (Å²) in [5.74, 6) is -0.993. The van der Waals surface area contributed by atoms with Crippen molar-refractivity contribution < 1.29 is 19.4 Å². The number of amides is 1. The Labute approximate surface area is 171 Å². The van der Waals surface area contributed by atoms with Crippen LogP contribution in [0.3, 0.4) is 0 Å². The quantitative estimate of drug-likeness (QED) is 0.437. The molecule has 0 saturated carbocycles. The van der Waals surface area contributed by atoms with Crippen LogP contribution < -0.4 is 10.2 Å². The van der Waals surface area contributed by atoms with E-state index in [4.69, 9.17) is 9.84 Å². The summed E-state index contributed by atoms with van der Waals surface area (Å²) >= 11 is 1.40. The van der Waals surface area contributed by atoms with Crippen LogP contribution in [0.15, 0.2) is 59.0 Å². The lowest BCUT2D eigenvalue weighted by atomic mass is 10.1. The highest BCUT2D eigenvalue weighted by Gasteiger charge is 2.11. The molecule has 0 spiro atoms. The zero-order chi connectivity index (χ0) is 20.6. The topological polar surface area (TPSA) is 101 Å². The summed E-state index contributed by atoms with van der Waals surface area (Å²) in [6.45, 7) is 1.70. The van der Waals surface area contributed by atoms with Gasteiger partial charge in [0.15, 0.2) is 6.61 Å². The molecule has 0 radical (unpaired) electrons. The molecule has 148 valence electrons. The molecule has 29 heavy (non-hydrogen) atoms. The number of thiazole rings is 1. The molecule has 3 rings (SSSR count). The normalized spacial score (nSPS) is 10.8. The summed E-state index contributed by atoms with van der Waals surface area (Å²) in [5.41, 5.74) is 5.70. The molecule has 2 aromatic carbocycles. The van der Waals surface area contributed by atoms with E-state index in [0.29, 0.717) is 11.4 Å². The molecule has 0 saturated heterocycles. The Morgan fingerprint density at radius 2 is 1.90 bits per heavy atom. The number of nitrogens with zero attached hydrogens (tertiary/aromatic N) is 2. The van der Waals surface area contributed by atoms with Crippen LogP contribution in [0.5, 0.6) is 5.75 Å². The van der Waals surface area contributed by atoms with Gasteiger partial charge < -0.3 is 9.84 Å². The number of carboxylic acids is 1. The van der Waals surface area contributed by atoms with Gasteiger partial charge in [0.25, 0.3) is 5.91 Å². The maximum atomic E-state index is 12.2. The van der Waals surface area contributed by atoms with Gasteiger partial charge in [0.2, 0.25) is 0 Å². The van der Waals surface area contributed by atoms with Crippen molar-refractivity contribution in [2.24, 2.45) is 5.10 Å². The molecule has 0 aliphatic rings. The van der Waals surface area contributed by atoms with Crippen molar-refractivity contribution in [3.05, 3.63) is 70.7 Å². The number of hydrogen-bond acceptors (Lipinski definition) is 6. The number of ether oxygens (including phenoxy) is 1. The van der Waals surface area contributed by atoms with Crippen molar-refractivity contribution >= 4 is 29.4 Å². The second-order valence-electron chi connectivity index (χ2n) is 6.04. The summed E-state index contributed by atoms with van der Waals surface area (Å²) in [5, 5.41) is 15.0. The SMILES string of the molecule is CCc1ccc(-c2nc(C(=O)N/N=C\c3ccc(OCC(=O)O)cc3)cs2)cc1. The van der Waals surface area contributed by atoms with Crippen molar-refractivity contribution in [1.29, 1.82) is 0 Å². The molecule has 0 fully saturated rings. The maximum absolute atomic E-state index is 12.2. The number of hydrazone groups is 1. The van der Waals surface area contributed by atoms with Crippen LogP contribution in [0.1, 0.15) is 28.5 Å². The lowest BCUT2D eigenvalue weighted by molar-refractivity contribution is -0.139. The lowest BCUT2D eigenvalue weighted by Crippen LogP contribution is -2.17. The van der Waals surface area contributed by atoms with Gasteiger partial charge in [-0.1, -0.05) is 31.2 Å². The van der Waals surface area contributed by atoms with Crippen molar-refractivity contribution in [1.82, 2.24) is 10.4 Å². The first kappa shape index (κ1) is 20.2. The smallest absolute Gasteiger partial charge is 0.341 e. The van der Waals surface area contributed by atoms with E-state index in [9.17, 15) is 9.59 Å². The number of aromatic nitrogens is 1. The summed E-state index contributed by atoms with van der Waals surface area (Å²) < 4.78 is 5.05. The van der Waals surface area contributed by atoms with E-state index in [1.165, 1.54) is 23.1 Å². The predicted molar refractivity (Wildman–Crippen MR) is 112 cm³/mol. The third-order valence-electron chi connectivity index (χ3n) is 3.97. The molecular weight excluding hydrogens is 390 g/mol. The van der Waals surface area contributed by atoms with Crippen LogP contribution in [0.4, 0.5) is 0 Å². The van der Waals surface area contributed by atoms with Crippen LogP contribution in [-0.2, 0) is 11.2 Å². The molecule has 1 amide bonds. The van der Waals surface area contributed by atoms with Gasteiger partial charge in [-0.3, -0.25) is 4.79 Å². The first-order valence-corrected chi connectivity index (χ1v) is 9.76. The van der Waals surface area contributed by atoms with Gasteiger partial charge in [0.1, 0.15) is 16.5 Å². The fourth-order valence-corrected chi connectivity index (χ4v) is 3.22. The summed E-state index contributed by atoms with van der Waals surface area (Å²) in [6.07, 6.45) is 2.46. The summed E-state index contributed by atoms with van der Waals surface area (Å²) in [4.78, 5) is 27.1. The van der Waals surface area contributed by atoms with Gasteiger partial charge in [0, 0.05) is 10.9 Å². The third-order valence-corrected chi connectivity index (χ3v) is 4.86. The fourth-order valence-electron chi connectivity index (χ4n) is 2.41. The van der Waals surface area contributed by atoms with Crippen molar-refractivity contribution in [3.8, 4) is 16.3 Å². The summed E-state index contributed by atoms with van der Waals surface area (Å²) in [7, 11) is 0. The molecule has 0 unspecified atom stereocenters. The number of nitrogens with one attached hydrogen (secondary N) is 1. The molecule has 0 aliphatic carbocycles. The number of aliphatic carboxylic acids is 1. The zero-order valence-corrected chi connectivity index (χ0v) is 16.5. The Hall–Kier alpha value is -3.52. The Morgan fingerprint density at radius 1 is 1.17 bits per heavy atom. The largest absolute Gasteiger partial charge is 0.482 e. The second-order valence-corrected chi connectivity index (χ2v) is 6.90. The van der Waals surface area contributed by atoms with Crippen LogP contribution in [-0.4, -0.2) is 34.8 Å². The number of aryl methyl sites for hydroxylation is 1. The minimum absolute atomic E-state index is 0.305. The molecule has 7 nitrogen and oxygen atoms in total. The minimum Gasteiger partial charge on any atom is -0.482 e. The molecule has 1 aromatic heterocycles. The summed E-state index contributed by atoms with van der Waals surface area (Å²) in [6, 6.07) is 14.8. The Morgan fingerprint density at radius 3 is 2.55 bits per heavy atom. The van der Waals surface area contributed by atoms with E-state index in [1.807, 2.05) is 12.1 Å². The molecular formula is C21H19N3O4S. The number of carbonyl (C=O) groups excluding carboxylic acids is 1. The van der Waals surface area contributed by atoms with Gasteiger partial charge in [-0.15, -0.1) is 11.3 Å². The highest BCUT2D eigenvalue weighted by molar-refractivity contribution is 7.13. The molecule has 0 bridgehead atoms. The standard InChI is InChI=1S/C21H19N3O4S/c1-2-14-3-7-16(8-4-14)21-23-18(13-29-21)20(27)24-22-11-15-5-9-17(10-6-15)28-12-19(25)26/h3-11,13H,2,12H2,1H3,(H,24,27)(H,25,26)/b22-11-. The number of carboxylic acid groups (broad SMARTS) is 1. The molecule has 2 N–H and O–H groups in total. The number of hydrogen-bond donors (Lipinski definition) is 2. The van der Waals surface area contributed by atoms with Crippen LogP contribution in [0.25, 0.3) is 10.6 Å². The van der Waals surface area contributed by atoms with Crippen molar-refractivity contribution in [3.63, 3.8) is 0 Å². The first-order valence-electron chi connectivity index (χ1n) is 8.88. The van der Waals surface area contributed by atoms with Crippen LogP contribution >= 0.6 is 11.3 Å². The fraction of sp³-hybridized carbons (Fsp3) is 0.143. The predicted octanol–water partition coefficient (Wildman–Crippen LogP) is 3.60. The number of benzene rings is 2. The average Bonchev–Trinajstić information content (AvgIpc) is 3.23. The average molecular weight is 409 g/mol. The first-order chi connectivity index (χ1) is 14.0. The van der Waals surface area contributed by atoms with Gasteiger partial charge >= 0.3 is 5.97 Å². The molecule has 3 aromatic rings. The molecule has 0 atom stereocenters. The highest BCUT2D eigenvalue weighted by Crippen LogP contribution is 2.24. The highest BCUT2D eigenvalue weighted by atomic mass is 32.1. The second kappa shape index (κ2) is 9.61. The Balaban J connectivity index is 1.56. The Bertz CT molecular complexity index is 1010. The maximum Gasteiger partial charge on any atom is 0.341 e. The Kier molecular flexibility index (Phi) is 6.70. The van der Waals surface area contributed by atoms with E-state index < -0.39 is 18.5 Å². The molecule has 1 heterocycles. The monoisotopic (exact) mass is 409 g/mol.